The molecule has 1 fully saturated rings. The van der Waals surface area contributed by atoms with Gasteiger partial charge in [0.15, 0.2) is 5.96 Å². The van der Waals surface area contributed by atoms with Gasteiger partial charge in [0.25, 0.3) is 0 Å². The van der Waals surface area contributed by atoms with Gasteiger partial charge in [0, 0.05) is 26.3 Å². The molecule has 0 aliphatic carbocycles. The van der Waals surface area contributed by atoms with Crippen LogP contribution >= 0.6 is 24.0 Å². The quantitative estimate of drug-likeness (QED) is 0.215. The van der Waals surface area contributed by atoms with E-state index in [0.717, 1.165) is 36.9 Å². The number of hydrogen-bond acceptors (Lipinski definition) is 4. The maximum atomic E-state index is 12.0. The number of aliphatic imine (C=N–C) groups is 1. The summed E-state index contributed by atoms with van der Waals surface area (Å²) in [5.74, 6) is 2.28. The molecule has 1 aromatic carbocycles. The summed E-state index contributed by atoms with van der Waals surface area (Å²) in [7, 11) is 3.48. The van der Waals surface area contributed by atoms with Crippen molar-refractivity contribution in [3.05, 3.63) is 24.3 Å². The molecule has 1 aliphatic heterocycles. The van der Waals surface area contributed by atoms with Crippen molar-refractivity contribution in [2.75, 3.05) is 52.1 Å². The molecule has 2 N–H and O–H groups in total. The number of hydrogen-bond donors (Lipinski definition) is 2. The van der Waals surface area contributed by atoms with Gasteiger partial charge in [-0.15, -0.1) is 24.0 Å². The molecule has 7 nitrogen and oxygen atoms in total. The van der Waals surface area contributed by atoms with Crippen molar-refractivity contribution in [1.29, 1.82) is 0 Å². The van der Waals surface area contributed by atoms with Crippen molar-refractivity contribution in [2.45, 2.75) is 46.1 Å². The van der Waals surface area contributed by atoms with E-state index in [-0.39, 0.29) is 42.5 Å². The number of nitrogens with one attached hydrogen (secondary N) is 2. The van der Waals surface area contributed by atoms with Crippen LogP contribution in [-0.4, -0.2) is 74.6 Å². The van der Waals surface area contributed by atoms with Crippen molar-refractivity contribution in [1.82, 2.24) is 15.1 Å². The molecule has 1 aromatic rings. The molecule has 1 amide bonds. The lowest BCUT2D eigenvalue weighted by atomic mass is 9.99. The van der Waals surface area contributed by atoms with Gasteiger partial charge in [0.1, 0.15) is 12.3 Å². The van der Waals surface area contributed by atoms with Crippen LogP contribution < -0.4 is 15.4 Å². The van der Waals surface area contributed by atoms with E-state index in [1.165, 1.54) is 25.9 Å². The number of nitrogens with zero attached hydrogens (tertiary/aromatic N) is 3. The van der Waals surface area contributed by atoms with E-state index in [0.29, 0.717) is 5.96 Å². The average molecular weight is 546 g/mol. The predicted octanol–water partition coefficient (Wildman–Crippen LogP) is 3.66. The third kappa shape index (κ3) is 11.0. The molecule has 0 spiro atoms. The fraction of sp³-hybridized carbons (Fsp3) is 0.652. The highest BCUT2D eigenvalue weighted by molar-refractivity contribution is 14.0. The lowest BCUT2D eigenvalue weighted by molar-refractivity contribution is -0.127. The minimum absolute atomic E-state index is 0. The molecule has 176 valence electrons. The Labute approximate surface area is 205 Å². The molecule has 31 heavy (non-hydrogen) atoms. The van der Waals surface area contributed by atoms with Gasteiger partial charge in [-0.2, -0.15) is 0 Å². The van der Waals surface area contributed by atoms with E-state index >= 15 is 0 Å². The Balaban J connectivity index is 0.00000480. The predicted molar refractivity (Wildman–Crippen MR) is 140 cm³/mol. The van der Waals surface area contributed by atoms with E-state index in [1.54, 1.807) is 19.0 Å². The summed E-state index contributed by atoms with van der Waals surface area (Å²) in [4.78, 5) is 20.5. The van der Waals surface area contributed by atoms with Crippen LogP contribution in [0.15, 0.2) is 29.3 Å². The zero-order valence-corrected chi connectivity index (χ0v) is 22.0. The molecule has 1 aliphatic rings. The van der Waals surface area contributed by atoms with Crippen molar-refractivity contribution in [2.24, 2.45) is 10.9 Å². The smallest absolute Gasteiger partial charge is 0.243 e. The Morgan fingerprint density at radius 3 is 2.45 bits per heavy atom. The van der Waals surface area contributed by atoms with Crippen molar-refractivity contribution in [3.8, 4) is 5.75 Å². The third-order valence-corrected chi connectivity index (χ3v) is 5.18. The van der Waals surface area contributed by atoms with E-state index in [2.05, 4.69) is 27.4 Å². The first-order chi connectivity index (χ1) is 14.3. The number of halogens is 1. The van der Waals surface area contributed by atoms with Crippen LogP contribution in [0.2, 0.25) is 0 Å². The minimum atomic E-state index is -0.0285. The lowest BCUT2D eigenvalue weighted by Crippen LogP contribution is -2.37. The highest BCUT2D eigenvalue weighted by Crippen LogP contribution is 2.17. The van der Waals surface area contributed by atoms with Crippen molar-refractivity contribution < 1.29 is 9.53 Å². The monoisotopic (exact) mass is 545 g/mol. The minimum Gasteiger partial charge on any atom is -0.491 e. The molecule has 0 aromatic heterocycles. The first-order valence-electron chi connectivity index (χ1n) is 11.1. The Kier molecular flexibility index (Phi) is 12.9. The fourth-order valence-electron chi connectivity index (χ4n) is 3.25. The summed E-state index contributed by atoms with van der Waals surface area (Å²) in [6, 6.07) is 7.78. The summed E-state index contributed by atoms with van der Waals surface area (Å²) < 4.78 is 5.69. The largest absolute Gasteiger partial charge is 0.491 e. The zero-order chi connectivity index (χ0) is 21.9. The Bertz CT molecular complexity index is 671. The van der Waals surface area contributed by atoms with Gasteiger partial charge in [0.05, 0.1) is 6.10 Å². The van der Waals surface area contributed by atoms with Gasteiger partial charge in [-0.3, -0.25) is 4.79 Å². The Hall–Kier alpha value is -1.55. The standard InChI is InChI=1S/C23H39N5O2.HI/c1-18(2)30-21-9-7-20(8-10-21)26-23(25-17-22(29)27(4)5)24-13-6-14-28-15-11-19(3)12-16-28;/h7-10,18-19H,6,11-17H2,1-5H3,(H2,24,25,26);1H. The summed E-state index contributed by atoms with van der Waals surface area (Å²) in [6.45, 7) is 10.8. The maximum absolute atomic E-state index is 12.0. The van der Waals surface area contributed by atoms with Gasteiger partial charge in [0.2, 0.25) is 5.91 Å². The number of carbonyl (C=O) groups excluding carboxylic acids is 1. The SMILES string of the molecule is CC1CCN(CCCNC(=NCC(=O)N(C)C)Nc2ccc(OC(C)C)cc2)CC1.I. The molecule has 2 rings (SSSR count). The van der Waals surface area contributed by atoms with Gasteiger partial charge < -0.3 is 25.2 Å². The highest BCUT2D eigenvalue weighted by atomic mass is 127. The van der Waals surface area contributed by atoms with Crippen LogP contribution in [0.25, 0.3) is 0 Å². The van der Waals surface area contributed by atoms with E-state index < -0.39 is 0 Å². The average Bonchev–Trinajstić information content (AvgIpc) is 2.71. The number of carbonyl (C=O) groups is 1. The van der Waals surface area contributed by atoms with Crippen LogP contribution in [-0.2, 0) is 4.79 Å². The van der Waals surface area contributed by atoms with Crippen LogP contribution in [0.5, 0.6) is 5.75 Å². The van der Waals surface area contributed by atoms with E-state index in [9.17, 15) is 4.79 Å². The number of likely N-dealkylation sites (N-methyl/N-ethyl adjacent to an activating group) is 1. The molecule has 8 heteroatoms. The number of benzene rings is 1. The number of amides is 1. The lowest BCUT2D eigenvalue weighted by Gasteiger charge is -2.30. The molecule has 0 atom stereocenters. The highest BCUT2D eigenvalue weighted by Gasteiger charge is 2.15. The summed E-state index contributed by atoms with van der Waals surface area (Å²) >= 11 is 0. The number of piperidine rings is 1. The molecular formula is C23H40IN5O2. The molecule has 0 saturated carbocycles. The Morgan fingerprint density at radius 1 is 1.23 bits per heavy atom. The maximum Gasteiger partial charge on any atom is 0.243 e. The van der Waals surface area contributed by atoms with E-state index in [1.807, 2.05) is 38.1 Å². The first kappa shape index (κ1) is 27.5. The number of anilines is 1. The molecule has 0 bridgehead atoms. The van der Waals surface area contributed by atoms with Crippen LogP contribution in [0.3, 0.4) is 0 Å². The third-order valence-electron chi connectivity index (χ3n) is 5.18. The molecule has 1 saturated heterocycles. The van der Waals surface area contributed by atoms with Gasteiger partial charge in [-0.25, -0.2) is 4.99 Å². The number of guanidine groups is 1. The second kappa shape index (κ2) is 14.5. The van der Waals surface area contributed by atoms with Crippen molar-refractivity contribution in [3.63, 3.8) is 0 Å². The molecule has 0 radical (unpaired) electrons. The van der Waals surface area contributed by atoms with Gasteiger partial charge >= 0.3 is 0 Å². The Morgan fingerprint density at radius 2 is 1.87 bits per heavy atom. The second-order valence-corrected chi connectivity index (χ2v) is 8.57. The topological polar surface area (TPSA) is 69.2 Å². The molecule has 1 heterocycles. The van der Waals surface area contributed by atoms with Crippen LogP contribution in [0, 0.1) is 5.92 Å². The number of ether oxygens (including phenoxy) is 1. The first-order valence-corrected chi connectivity index (χ1v) is 11.1. The number of likely N-dealkylation sites (tertiary alicyclic amines) is 1. The van der Waals surface area contributed by atoms with Gasteiger partial charge in [-0.1, -0.05) is 6.92 Å². The van der Waals surface area contributed by atoms with E-state index in [4.69, 9.17) is 4.74 Å². The normalized spacial score (nSPS) is 15.4. The molecule has 0 unspecified atom stereocenters. The van der Waals surface area contributed by atoms with Crippen LogP contribution in [0.1, 0.15) is 40.0 Å². The van der Waals surface area contributed by atoms with Gasteiger partial charge in [-0.05, 0) is 82.9 Å². The molecular weight excluding hydrogens is 505 g/mol. The second-order valence-electron chi connectivity index (χ2n) is 8.57. The summed E-state index contributed by atoms with van der Waals surface area (Å²) in [6.07, 6.45) is 3.77. The summed E-state index contributed by atoms with van der Waals surface area (Å²) in [5.41, 5.74) is 0.902. The summed E-state index contributed by atoms with van der Waals surface area (Å²) in [5, 5.41) is 6.67. The zero-order valence-electron chi connectivity index (χ0n) is 19.7. The fourth-order valence-corrected chi connectivity index (χ4v) is 3.25. The van der Waals surface area contributed by atoms with Crippen LogP contribution in [0.4, 0.5) is 5.69 Å². The van der Waals surface area contributed by atoms with Crippen molar-refractivity contribution >= 4 is 41.5 Å². The number of rotatable bonds is 9.